The van der Waals surface area contributed by atoms with Gasteiger partial charge in [0, 0.05) is 9.30 Å². The molecule has 0 aromatic heterocycles. The molecule has 0 nitrogen and oxygen atoms in total. The molecule has 0 amide bonds. The average molecular weight is 358 g/mol. The highest BCUT2D eigenvalue weighted by atomic mass is 79.9. The fraction of sp³-hybridized carbons (Fsp3) is 0.143. The lowest BCUT2D eigenvalue weighted by Crippen LogP contribution is -1.95. The topological polar surface area (TPSA) is 0 Å². The lowest BCUT2D eigenvalue weighted by atomic mass is 10.0. The predicted molar refractivity (Wildman–Crippen MR) is 75.9 cm³/mol. The van der Waals surface area contributed by atoms with Crippen LogP contribution in [0.5, 0.6) is 0 Å². The van der Waals surface area contributed by atoms with E-state index in [9.17, 15) is 4.39 Å². The fourth-order valence-electron chi connectivity index (χ4n) is 1.69. The zero-order valence-electron chi connectivity index (χ0n) is 9.04. The van der Waals surface area contributed by atoms with Gasteiger partial charge in [0.15, 0.2) is 0 Å². The standard InChI is InChI=1S/C14H11Br2F/c15-12-5-2-4-11(9-12)14(16)8-10-3-1-6-13(17)7-10/h1-7,9,14H,8H2. The van der Waals surface area contributed by atoms with Crippen molar-refractivity contribution in [2.75, 3.05) is 0 Å². The molecule has 0 heterocycles. The van der Waals surface area contributed by atoms with Crippen molar-refractivity contribution in [3.8, 4) is 0 Å². The second-order valence-corrected chi connectivity index (χ2v) is 5.88. The van der Waals surface area contributed by atoms with Crippen molar-refractivity contribution in [1.29, 1.82) is 0 Å². The van der Waals surface area contributed by atoms with E-state index in [1.54, 1.807) is 12.1 Å². The van der Waals surface area contributed by atoms with Crippen LogP contribution in [0.15, 0.2) is 53.0 Å². The highest BCUT2D eigenvalue weighted by Crippen LogP contribution is 2.28. The minimum absolute atomic E-state index is 0.184. The van der Waals surface area contributed by atoms with Crippen molar-refractivity contribution < 1.29 is 4.39 Å². The normalized spacial score (nSPS) is 12.4. The lowest BCUT2D eigenvalue weighted by Gasteiger charge is -2.10. The minimum Gasteiger partial charge on any atom is -0.207 e. The third-order valence-corrected chi connectivity index (χ3v) is 3.86. The summed E-state index contributed by atoms with van der Waals surface area (Å²) in [6.45, 7) is 0. The molecule has 0 fully saturated rings. The van der Waals surface area contributed by atoms with Gasteiger partial charge in [-0.15, -0.1) is 0 Å². The molecule has 0 aliphatic rings. The van der Waals surface area contributed by atoms with Gasteiger partial charge in [0.05, 0.1) is 0 Å². The van der Waals surface area contributed by atoms with Gasteiger partial charge < -0.3 is 0 Å². The molecular weight excluding hydrogens is 347 g/mol. The molecule has 88 valence electrons. The van der Waals surface area contributed by atoms with Gasteiger partial charge in [0.2, 0.25) is 0 Å². The highest BCUT2D eigenvalue weighted by molar-refractivity contribution is 9.10. The SMILES string of the molecule is Fc1cccc(CC(Br)c2cccc(Br)c2)c1. The number of rotatable bonds is 3. The summed E-state index contributed by atoms with van der Waals surface area (Å²) in [5, 5.41) is 0. The van der Waals surface area contributed by atoms with Crippen molar-refractivity contribution in [3.63, 3.8) is 0 Å². The van der Waals surface area contributed by atoms with E-state index < -0.39 is 0 Å². The maximum absolute atomic E-state index is 13.1. The zero-order chi connectivity index (χ0) is 12.3. The Labute approximate surface area is 117 Å². The van der Waals surface area contributed by atoms with E-state index in [1.807, 2.05) is 18.2 Å². The van der Waals surface area contributed by atoms with Crippen LogP contribution in [-0.2, 0) is 6.42 Å². The number of halogens is 3. The van der Waals surface area contributed by atoms with E-state index in [1.165, 1.54) is 11.6 Å². The second-order valence-electron chi connectivity index (χ2n) is 3.86. The van der Waals surface area contributed by atoms with E-state index in [4.69, 9.17) is 0 Å². The van der Waals surface area contributed by atoms with Gasteiger partial charge in [-0.05, 0) is 41.8 Å². The van der Waals surface area contributed by atoms with Crippen LogP contribution in [-0.4, -0.2) is 0 Å². The second kappa shape index (κ2) is 5.78. The molecule has 2 aromatic carbocycles. The number of alkyl halides is 1. The summed E-state index contributed by atoms with van der Waals surface area (Å²) in [6, 6.07) is 14.8. The maximum Gasteiger partial charge on any atom is 0.123 e. The van der Waals surface area contributed by atoms with Gasteiger partial charge in [-0.25, -0.2) is 4.39 Å². The number of hydrogen-bond acceptors (Lipinski definition) is 0. The third-order valence-electron chi connectivity index (χ3n) is 2.51. The van der Waals surface area contributed by atoms with Crippen LogP contribution in [0.4, 0.5) is 4.39 Å². The van der Waals surface area contributed by atoms with E-state index in [0.717, 1.165) is 16.5 Å². The van der Waals surface area contributed by atoms with E-state index >= 15 is 0 Å². The molecule has 0 spiro atoms. The van der Waals surface area contributed by atoms with Crippen LogP contribution in [0.2, 0.25) is 0 Å². The summed E-state index contributed by atoms with van der Waals surface area (Å²) in [4.78, 5) is 0.196. The Morgan fingerprint density at radius 3 is 2.53 bits per heavy atom. The quantitative estimate of drug-likeness (QED) is 0.656. The average Bonchev–Trinajstić information content (AvgIpc) is 2.29. The van der Waals surface area contributed by atoms with Crippen molar-refractivity contribution in [3.05, 3.63) is 69.9 Å². The molecule has 3 heteroatoms. The van der Waals surface area contributed by atoms with Gasteiger partial charge in [-0.3, -0.25) is 0 Å². The zero-order valence-corrected chi connectivity index (χ0v) is 12.2. The summed E-state index contributed by atoms with van der Waals surface area (Å²) in [5.41, 5.74) is 2.18. The summed E-state index contributed by atoms with van der Waals surface area (Å²) in [5.74, 6) is -0.184. The molecule has 0 N–H and O–H groups in total. The van der Waals surface area contributed by atoms with Crippen LogP contribution in [0.3, 0.4) is 0 Å². The van der Waals surface area contributed by atoms with E-state index in [0.29, 0.717) is 0 Å². The van der Waals surface area contributed by atoms with Crippen LogP contribution >= 0.6 is 31.9 Å². The van der Waals surface area contributed by atoms with Crippen molar-refractivity contribution in [2.45, 2.75) is 11.2 Å². The summed E-state index contributed by atoms with van der Waals surface area (Å²) in [7, 11) is 0. The minimum atomic E-state index is -0.184. The molecule has 0 aliphatic heterocycles. The lowest BCUT2D eigenvalue weighted by molar-refractivity contribution is 0.625. The third kappa shape index (κ3) is 3.65. The van der Waals surface area contributed by atoms with Crippen LogP contribution in [0.1, 0.15) is 16.0 Å². The fourth-order valence-corrected chi connectivity index (χ4v) is 2.77. The highest BCUT2D eigenvalue weighted by Gasteiger charge is 2.09. The molecular formula is C14H11Br2F. The first-order valence-corrected chi connectivity index (χ1v) is 7.00. The monoisotopic (exact) mass is 356 g/mol. The van der Waals surface area contributed by atoms with Crippen LogP contribution < -0.4 is 0 Å². The van der Waals surface area contributed by atoms with Gasteiger partial charge in [-0.2, -0.15) is 0 Å². The number of benzene rings is 2. The first-order chi connectivity index (χ1) is 8.15. The Kier molecular flexibility index (Phi) is 4.35. The molecule has 2 rings (SSSR count). The van der Waals surface area contributed by atoms with E-state index in [-0.39, 0.29) is 10.6 Å². The molecule has 0 saturated heterocycles. The molecule has 1 atom stereocenters. The van der Waals surface area contributed by atoms with Gasteiger partial charge in [-0.1, -0.05) is 56.1 Å². The molecule has 0 bridgehead atoms. The van der Waals surface area contributed by atoms with Gasteiger partial charge >= 0.3 is 0 Å². The Hall–Kier alpha value is -0.670. The number of hydrogen-bond donors (Lipinski definition) is 0. The smallest absolute Gasteiger partial charge is 0.123 e. The van der Waals surface area contributed by atoms with Crippen molar-refractivity contribution in [2.24, 2.45) is 0 Å². The largest absolute Gasteiger partial charge is 0.207 e. The molecule has 17 heavy (non-hydrogen) atoms. The maximum atomic E-state index is 13.1. The van der Waals surface area contributed by atoms with Crippen LogP contribution in [0.25, 0.3) is 0 Å². The molecule has 2 aromatic rings. The Morgan fingerprint density at radius 2 is 1.82 bits per heavy atom. The van der Waals surface area contributed by atoms with Crippen molar-refractivity contribution >= 4 is 31.9 Å². The molecule has 1 unspecified atom stereocenters. The van der Waals surface area contributed by atoms with Gasteiger partial charge in [0.25, 0.3) is 0 Å². The summed E-state index contributed by atoms with van der Waals surface area (Å²) in [6.07, 6.45) is 0.772. The first-order valence-electron chi connectivity index (χ1n) is 5.29. The van der Waals surface area contributed by atoms with Crippen molar-refractivity contribution in [1.82, 2.24) is 0 Å². The summed E-state index contributed by atoms with van der Waals surface area (Å²) < 4.78 is 14.1. The van der Waals surface area contributed by atoms with Crippen LogP contribution in [0, 0.1) is 5.82 Å². The van der Waals surface area contributed by atoms with E-state index in [2.05, 4.69) is 44.0 Å². The molecule has 0 aliphatic carbocycles. The summed E-state index contributed by atoms with van der Waals surface area (Å²) >= 11 is 7.08. The first kappa shape index (κ1) is 12.8. The Bertz CT molecular complexity index is 511. The predicted octanol–water partition coefficient (Wildman–Crippen LogP) is 5.27. The molecule has 0 saturated carbocycles. The molecule has 0 radical (unpaired) electrons. The van der Waals surface area contributed by atoms with Gasteiger partial charge in [0.1, 0.15) is 5.82 Å². The Morgan fingerprint density at radius 1 is 1.06 bits per heavy atom. The Balaban J connectivity index is 2.14.